The van der Waals surface area contributed by atoms with Gasteiger partial charge in [0.2, 0.25) is 15.9 Å². The minimum Gasteiger partial charge on any atom is -0.482 e. The molecule has 0 aromatic heterocycles. The van der Waals surface area contributed by atoms with Crippen LogP contribution in [0.3, 0.4) is 0 Å². The number of amides is 2. The SMILES string of the molecule is CC(C)NC(=O)C1CCCN(S(=O)(=O)c2ccc3c(c2)N(C)C(=O)CO3)C1. The first-order chi connectivity index (χ1) is 12.7. The van der Waals surface area contributed by atoms with Gasteiger partial charge >= 0.3 is 0 Å². The van der Waals surface area contributed by atoms with E-state index in [4.69, 9.17) is 4.74 Å². The van der Waals surface area contributed by atoms with Crippen LogP contribution in [0.4, 0.5) is 5.69 Å². The molecular weight excluding hydrogens is 370 g/mol. The predicted molar refractivity (Wildman–Crippen MR) is 100 cm³/mol. The Morgan fingerprint density at radius 2 is 2.07 bits per heavy atom. The highest BCUT2D eigenvalue weighted by Crippen LogP contribution is 2.34. The lowest BCUT2D eigenvalue weighted by atomic mass is 9.98. The van der Waals surface area contributed by atoms with Crippen LogP contribution in [0.1, 0.15) is 26.7 Å². The summed E-state index contributed by atoms with van der Waals surface area (Å²) in [6.07, 6.45) is 1.29. The van der Waals surface area contributed by atoms with Crippen LogP contribution in [-0.4, -0.2) is 57.3 Å². The van der Waals surface area contributed by atoms with Crippen LogP contribution in [0.5, 0.6) is 5.75 Å². The van der Waals surface area contributed by atoms with Gasteiger partial charge in [-0.2, -0.15) is 4.31 Å². The van der Waals surface area contributed by atoms with Crippen molar-refractivity contribution in [3.8, 4) is 5.75 Å². The van der Waals surface area contributed by atoms with Gasteiger partial charge in [-0.3, -0.25) is 9.59 Å². The van der Waals surface area contributed by atoms with Crippen molar-refractivity contribution in [3.05, 3.63) is 18.2 Å². The molecule has 9 heteroatoms. The molecule has 3 rings (SSSR count). The Morgan fingerprint density at radius 1 is 1.33 bits per heavy atom. The lowest BCUT2D eigenvalue weighted by Gasteiger charge is -2.32. The molecule has 1 atom stereocenters. The molecule has 2 amide bonds. The summed E-state index contributed by atoms with van der Waals surface area (Å²) >= 11 is 0. The zero-order valence-electron chi connectivity index (χ0n) is 15.8. The average Bonchev–Trinajstić information content (AvgIpc) is 2.64. The molecule has 0 bridgehead atoms. The quantitative estimate of drug-likeness (QED) is 0.819. The smallest absolute Gasteiger partial charge is 0.264 e. The van der Waals surface area contributed by atoms with Crippen LogP contribution < -0.4 is 15.0 Å². The zero-order valence-corrected chi connectivity index (χ0v) is 16.6. The van der Waals surface area contributed by atoms with E-state index >= 15 is 0 Å². The van der Waals surface area contributed by atoms with Crippen LogP contribution in [-0.2, 0) is 19.6 Å². The average molecular weight is 395 g/mol. The second-order valence-electron chi connectivity index (χ2n) is 7.24. The molecule has 1 aromatic rings. The molecule has 1 aromatic carbocycles. The second-order valence-corrected chi connectivity index (χ2v) is 9.17. The number of hydrogen-bond donors (Lipinski definition) is 1. The van der Waals surface area contributed by atoms with E-state index in [0.29, 0.717) is 30.8 Å². The summed E-state index contributed by atoms with van der Waals surface area (Å²) < 4.78 is 32.9. The highest BCUT2D eigenvalue weighted by molar-refractivity contribution is 7.89. The molecule has 1 N–H and O–H groups in total. The van der Waals surface area contributed by atoms with Gasteiger partial charge < -0.3 is 15.0 Å². The van der Waals surface area contributed by atoms with E-state index in [-0.39, 0.29) is 41.8 Å². The first-order valence-corrected chi connectivity index (χ1v) is 10.5. The summed E-state index contributed by atoms with van der Waals surface area (Å²) in [5.41, 5.74) is 0.429. The summed E-state index contributed by atoms with van der Waals surface area (Å²) in [5, 5.41) is 2.85. The highest BCUT2D eigenvalue weighted by atomic mass is 32.2. The number of benzene rings is 1. The zero-order chi connectivity index (χ0) is 19.8. The minimum absolute atomic E-state index is 0.0122. The molecule has 0 saturated carbocycles. The van der Waals surface area contributed by atoms with Crippen LogP contribution in [0.25, 0.3) is 0 Å². The summed E-state index contributed by atoms with van der Waals surface area (Å²) in [5.74, 6) is -0.237. The lowest BCUT2D eigenvalue weighted by molar-refractivity contribution is -0.126. The van der Waals surface area contributed by atoms with E-state index < -0.39 is 10.0 Å². The molecule has 1 fully saturated rings. The Balaban J connectivity index is 1.84. The molecule has 27 heavy (non-hydrogen) atoms. The van der Waals surface area contributed by atoms with E-state index in [1.807, 2.05) is 13.8 Å². The van der Waals surface area contributed by atoms with E-state index in [1.165, 1.54) is 21.3 Å². The maximum Gasteiger partial charge on any atom is 0.264 e. The molecule has 148 valence electrons. The molecule has 0 radical (unpaired) electrons. The van der Waals surface area contributed by atoms with Gasteiger partial charge in [-0.05, 0) is 44.9 Å². The Morgan fingerprint density at radius 3 is 2.78 bits per heavy atom. The van der Waals surface area contributed by atoms with E-state index in [0.717, 1.165) is 0 Å². The van der Waals surface area contributed by atoms with Crippen molar-refractivity contribution >= 4 is 27.5 Å². The molecule has 2 aliphatic heterocycles. The van der Waals surface area contributed by atoms with Crippen molar-refractivity contribution in [2.45, 2.75) is 37.6 Å². The van der Waals surface area contributed by atoms with Gasteiger partial charge in [0.05, 0.1) is 16.5 Å². The Hall–Kier alpha value is -2.13. The third-order valence-electron chi connectivity index (χ3n) is 4.84. The normalized spacial score (nSPS) is 21.0. The summed E-state index contributed by atoms with van der Waals surface area (Å²) in [6.45, 7) is 4.22. The number of piperidine rings is 1. The van der Waals surface area contributed by atoms with Gasteiger partial charge in [-0.25, -0.2) is 8.42 Å². The molecule has 8 nitrogen and oxygen atoms in total. The van der Waals surface area contributed by atoms with Crippen molar-refractivity contribution in [3.63, 3.8) is 0 Å². The maximum absolute atomic E-state index is 13.1. The lowest BCUT2D eigenvalue weighted by Crippen LogP contribution is -2.46. The van der Waals surface area contributed by atoms with Crippen LogP contribution in [0.2, 0.25) is 0 Å². The number of nitrogens with one attached hydrogen (secondary N) is 1. The number of carbonyl (C=O) groups excluding carboxylic acids is 2. The van der Waals surface area contributed by atoms with Gasteiger partial charge in [0, 0.05) is 26.2 Å². The fourth-order valence-corrected chi connectivity index (χ4v) is 4.88. The third kappa shape index (κ3) is 3.93. The summed E-state index contributed by atoms with van der Waals surface area (Å²) in [6, 6.07) is 4.52. The first-order valence-electron chi connectivity index (χ1n) is 9.04. The van der Waals surface area contributed by atoms with Crippen molar-refractivity contribution in [1.29, 1.82) is 0 Å². The van der Waals surface area contributed by atoms with E-state index in [9.17, 15) is 18.0 Å². The van der Waals surface area contributed by atoms with E-state index in [2.05, 4.69) is 5.32 Å². The second kappa shape index (κ2) is 7.47. The number of sulfonamides is 1. The van der Waals surface area contributed by atoms with Crippen molar-refractivity contribution in [2.24, 2.45) is 5.92 Å². The summed E-state index contributed by atoms with van der Waals surface area (Å²) in [4.78, 5) is 25.6. The predicted octanol–water partition coefficient (Wildman–Crippen LogP) is 0.967. The van der Waals surface area contributed by atoms with Gasteiger partial charge in [0.15, 0.2) is 6.61 Å². The Bertz CT molecular complexity index is 853. The summed E-state index contributed by atoms with van der Waals surface area (Å²) in [7, 11) is -2.18. The maximum atomic E-state index is 13.1. The molecule has 2 aliphatic rings. The van der Waals surface area contributed by atoms with E-state index in [1.54, 1.807) is 13.1 Å². The van der Waals surface area contributed by atoms with Crippen LogP contribution in [0, 0.1) is 5.92 Å². The number of ether oxygens (including phenoxy) is 1. The monoisotopic (exact) mass is 395 g/mol. The Labute approximate surface area is 159 Å². The fourth-order valence-electron chi connectivity index (χ4n) is 3.34. The third-order valence-corrected chi connectivity index (χ3v) is 6.70. The number of likely N-dealkylation sites (N-methyl/N-ethyl adjacent to an activating group) is 1. The van der Waals surface area contributed by atoms with Crippen molar-refractivity contribution < 1.29 is 22.7 Å². The fraction of sp³-hybridized carbons (Fsp3) is 0.556. The first kappa shape index (κ1) is 19.6. The van der Waals surface area contributed by atoms with Gasteiger partial charge in [0.25, 0.3) is 5.91 Å². The number of carbonyl (C=O) groups is 2. The largest absolute Gasteiger partial charge is 0.482 e. The number of anilines is 1. The van der Waals surface area contributed by atoms with Gasteiger partial charge in [-0.1, -0.05) is 0 Å². The number of nitrogens with zero attached hydrogens (tertiary/aromatic N) is 2. The minimum atomic E-state index is -3.77. The van der Waals surface area contributed by atoms with Crippen LogP contribution in [0.15, 0.2) is 23.1 Å². The number of fused-ring (bicyclic) bond motifs is 1. The molecule has 2 heterocycles. The molecule has 1 unspecified atom stereocenters. The van der Waals surface area contributed by atoms with Gasteiger partial charge in [-0.15, -0.1) is 0 Å². The topological polar surface area (TPSA) is 96.0 Å². The van der Waals surface area contributed by atoms with Gasteiger partial charge in [0.1, 0.15) is 5.75 Å². The van der Waals surface area contributed by atoms with Crippen LogP contribution >= 0.6 is 0 Å². The van der Waals surface area contributed by atoms with Crippen molar-refractivity contribution in [1.82, 2.24) is 9.62 Å². The number of hydrogen-bond acceptors (Lipinski definition) is 5. The molecular formula is C18H25N3O5S. The Kier molecular flexibility index (Phi) is 5.43. The number of rotatable bonds is 4. The van der Waals surface area contributed by atoms with Crippen molar-refractivity contribution in [2.75, 3.05) is 31.6 Å². The molecule has 1 saturated heterocycles. The highest BCUT2D eigenvalue weighted by Gasteiger charge is 2.34. The molecule has 0 spiro atoms. The molecule has 0 aliphatic carbocycles. The standard InChI is InChI=1S/C18H25N3O5S/c1-12(2)19-18(23)13-5-4-8-21(10-13)27(24,25)14-6-7-16-15(9-14)20(3)17(22)11-26-16/h6-7,9,12-13H,4-5,8,10-11H2,1-3H3,(H,19,23).